The van der Waals surface area contributed by atoms with Gasteiger partial charge in [0.05, 0.1) is 10.7 Å². The van der Waals surface area contributed by atoms with Gasteiger partial charge in [-0.05, 0) is 32.9 Å². The maximum atomic E-state index is 12.1. The predicted octanol–water partition coefficient (Wildman–Crippen LogP) is 2.67. The van der Waals surface area contributed by atoms with Crippen LogP contribution in [0.5, 0.6) is 0 Å². The summed E-state index contributed by atoms with van der Waals surface area (Å²) in [4.78, 5) is 21.3. The van der Waals surface area contributed by atoms with Crippen LogP contribution in [-0.2, 0) is 9.57 Å². The van der Waals surface area contributed by atoms with Crippen molar-refractivity contribution in [2.75, 3.05) is 0 Å². The number of amides is 1. The Hall–Kier alpha value is -1.37. The molecule has 1 fully saturated rings. The lowest BCUT2D eigenvalue weighted by molar-refractivity contribution is -0.207. The molecule has 1 amide bonds. The van der Waals surface area contributed by atoms with Gasteiger partial charge in [-0.3, -0.25) is 4.98 Å². The number of carbonyl (C=O) groups is 1. The van der Waals surface area contributed by atoms with Crippen molar-refractivity contribution < 1.29 is 19.5 Å². The zero-order valence-corrected chi connectivity index (χ0v) is 12.3. The average molecular weight is 301 g/mol. The molecule has 0 aromatic carbocycles. The van der Waals surface area contributed by atoms with E-state index in [1.807, 2.05) is 0 Å². The van der Waals surface area contributed by atoms with Crippen LogP contribution >= 0.6 is 11.6 Å². The molecule has 7 heteroatoms. The van der Waals surface area contributed by atoms with Crippen LogP contribution in [0.3, 0.4) is 0 Å². The van der Waals surface area contributed by atoms with Gasteiger partial charge < -0.3 is 9.84 Å². The molecule has 0 bridgehead atoms. The van der Waals surface area contributed by atoms with Gasteiger partial charge in [0.2, 0.25) is 0 Å². The quantitative estimate of drug-likeness (QED) is 0.863. The monoisotopic (exact) mass is 300 g/mol. The summed E-state index contributed by atoms with van der Waals surface area (Å²) in [5.41, 5.74) is -0.0665. The van der Waals surface area contributed by atoms with Gasteiger partial charge in [0.15, 0.2) is 6.29 Å². The second-order valence-corrected chi connectivity index (χ2v) is 5.96. The molecule has 0 aliphatic carbocycles. The fraction of sp³-hybridized carbons (Fsp3) is 0.538. The number of hydrogen-bond donors (Lipinski definition) is 1. The minimum atomic E-state index is -1.06. The van der Waals surface area contributed by atoms with Crippen molar-refractivity contribution >= 4 is 17.7 Å². The van der Waals surface area contributed by atoms with E-state index in [1.165, 1.54) is 6.20 Å². The Labute approximate surface area is 122 Å². The SMILES string of the molecule is CC(C)(C)OC(=O)N1OC(O)C[C@H]1c1ccc(Cl)cn1. The fourth-order valence-electron chi connectivity index (χ4n) is 1.84. The molecule has 1 saturated heterocycles. The molecule has 1 aromatic rings. The number of aliphatic hydroxyl groups is 1. The molecule has 1 aromatic heterocycles. The number of carbonyl (C=O) groups excluding carboxylic acids is 1. The Kier molecular flexibility index (Phi) is 4.17. The number of aromatic nitrogens is 1. The number of hydroxylamine groups is 2. The summed E-state index contributed by atoms with van der Waals surface area (Å²) in [6.45, 7) is 5.27. The molecular weight excluding hydrogens is 284 g/mol. The first-order valence-corrected chi connectivity index (χ1v) is 6.62. The number of rotatable bonds is 1. The van der Waals surface area contributed by atoms with Crippen LogP contribution in [0.2, 0.25) is 5.02 Å². The third kappa shape index (κ3) is 3.59. The van der Waals surface area contributed by atoms with E-state index in [2.05, 4.69) is 4.98 Å². The van der Waals surface area contributed by atoms with Crippen LogP contribution in [0, 0.1) is 0 Å². The number of ether oxygens (including phenoxy) is 1. The first kappa shape index (κ1) is 15.0. The van der Waals surface area contributed by atoms with Crippen LogP contribution in [0.15, 0.2) is 18.3 Å². The molecule has 2 atom stereocenters. The first-order chi connectivity index (χ1) is 9.26. The van der Waals surface area contributed by atoms with E-state index in [1.54, 1.807) is 32.9 Å². The third-order valence-electron chi connectivity index (χ3n) is 2.61. The molecule has 20 heavy (non-hydrogen) atoms. The van der Waals surface area contributed by atoms with Crippen LogP contribution in [-0.4, -0.2) is 33.1 Å². The van der Waals surface area contributed by atoms with Gasteiger partial charge in [-0.25, -0.2) is 9.63 Å². The molecule has 0 saturated carbocycles. The van der Waals surface area contributed by atoms with E-state index in [9.17, 15) is 9.90 Å². The summed E-state index contributed by atoms with van der Waals surface area (Å²) in [6.07, 6.45) is -0.0104. The lowest BCUT2D eigenvalue weighted by Crippen LogP contribution is -2.36. The third-order valence-corrected chi connectivity index (χ3v) is 2.83. The molecule has 1 aliphatic rings. The van der Waals surface area contributed by atoms with Gasteiger partial charge in [-0.1, -0.05) is 11.6 Å². The first-order valence-electron chi connectivity index (χ1n) is 6.25. The fourth-order valence-corrected chi connectivity index (χ4v) is 1.95. The maximum absolute atomic E-state index is 12.1. The standard InChI is InChI=1S/C13H17ClN2O4/c1-13(2,3)19-12(18)16-10(6-11(17)20-16)9-5-4-8(14)7-15-9/h4-5,7,10-11,17H,6H2,1-3H3/t10-,11?/m0/s1. The van der Waals surface area contributed by atoms with Gasteiger partial charge in [-0.15, -0.1) is 0 Å². The minimum Gasteiger partial charge on any atom is -0.442 e. The molecule has 1 N–H and O–H groups in total. The van der Waals surface area contributed by atoms with E-state index in [0.29, 0.717) is 10.7 Å². The van der Waals surface area contributed by atoms with E-state index >= 15 is 0 Å². The molecular formula is C13H17ClN2O4. The van der Waals surface area contributed by atoms with Crippen LogP contribution in [0.1, 0.15) is 38.9 Å². The van der Waals surface area contributed by atoms with E-state index in [0.717, 1.165) is 5.06 Å². The summed E-state index contributed by atoms with van der Waals surface area (Å²) >= 11 is 5.78. The highest BCUT2D eigenvalue weighted by atomic mass is 35.5. The normalized spacial score (nSPS) is 22.9. The van der Waals surface area contributed by atoms with Gasteiger partial charge in [-0.2, -0.15) is 5.06 Å². The summed E-state index contributed by atoms with van der Waals surface area (Å²) < 4.78 is 5.24. The van der Waals surface area contributed by atoms with Crippen molar-refractivity contribution in [1.29, 1.82) is 0 Å². The van der Waals surface area contributed by atoms with Crippen molar-refractivity contribution in [1.82, 2.24) is 10.0 Å². The Morgan fingerprint density at radius 3 is 2.80 bits per heavy atom. The Morgan fingerprint density at radius 1 is 1.55 bits per heavy atom. The maximum Gasteiger partial charge on any atom is 0.435 e. The minimum absolute atomic E-state index is 0.230. The molecule has 0 spiro atoms. The number of aliphatic hydroxyl groups excluding tert-OH is 1. The van der Waals surface area contributed by atoms with Crippen LogP contribution in [0.25, 0.3) is 0 Å². The number of halogens is 1. The zero-order chi connectivity index (χ0) is 14.9. The molecule has 110 valence electrons. The summed E-state index contributed by atoms with van der Waals surface area (Å²) in [6, 6.07) is 2.85. The van der Waals surface area contributed by atoms with Crippen molar-refractivity contribution in [3.8, 4) is 0 Å². The number of nitrogens with zero attached hydrogens (tertiary/aromatic N) is 2. The van der Waals surface area contributed by atoms with Crippen molar-refractivity contribution in [2.45, 2.75) is 45.1 Å². The topological polar surface area (TPSA) is 71.9 Å². The zero-order valence-electron chi connectivity index (χ0n) is 11.5. The highest BCUT2D eigenvalue weighted by molar-refractivity contribution is 6.30. The van der Waals surface area contributed by atoms with Gasteiger partial charge >= 0.3 is 6.09 Å². The highest BCUT2D eigenvalue weighted by Gasteiger charge is 2.40. The van der Waals surface area contributed by atoms with Crippen molar-refractivity contribution in [3.63, 3.8) is 0 Å². The van der Waals surface area contributed by atoms with Crippen molar-refractivity contribution in [3.05, 3.63) is 29.0 Å². The summed E-state index contributed by atoms with van der Waals surface area (Å²) in [7, 11) is 0. The molecule has 1 unspecified atom stereocenters. The Morgan fingerprint density at radius 2 is 2.25 bits per heavy atom. The average Bonchev–Trinajstić information content (AvgIpc) is 2.70. The summed E-state index contributed by atoms with van der Waals surface area (Å²) in [5, 5.41) is 11.1. The second kappa shape index (κ2) is 5.55. The molecule has 2 rings (SSSR count). The molecule has 0 radical (unpaired) electrons. The predicted molar refractivity (Wildman–Crippen MR) is 71.8 cm³/mol. The molecule has 6 nitrogen and oxygen atoms in total. The van der Waals surface area contributed by atoms with E-state index in [4.69, 9.17) is 21.2 Å². The van der Waals surface area contributed by atoms with E-state index in [-0.39, 0.29) is 6.42 Å². The van der Waals surface area contributed by atoms with E-state index < -0.39 is 24.0 Å². The number of pyridine rings is 1. The van der Waals surface area contributed by atoms with Gasteiger partial charge in [0.25, 0.3) is 0 Å². The lowest BCUT2D eigenvalue weighted by atomic mass is 10.1. The van der Waals surface area contributed by atoms with Gasteiger partial charge in [0, 0.05) is 12.6 Å². The molecule has 1 aliphatic heterocycles. The number of hydrogen-bond acceptors (Lipinski definition) is 5. The van der Waals surface area contributed by atoms with Crippen LogP contribution in [0.4, 0.5) is 4.79 Å². The molecule has 2 heterocycles. The van der Waals surface area contributed by atoms with Crippen LogP contribution < -0.4 is 0 Å². The Bertz CT molecular complexity index is 486. The largest absolute Gasteiger partial charge is 0.442 e. The second-order valence-electron chi connectivity index (χ2n) is 5.52. The lowest BCUT2D eigenvalue weighted by Gasteiger charge is -2.26. The smallest absolute Gasteiger partial charge is 0.435 e. The summed E-state index contributed by atoms with van der Waals surface area (Å²) in [5.74, 6) is 0. The van der Waals surface area contributed by atoms with Gasteiger partial charge in [0.1, 0.15) is 11.6 Å². The highest BCUT2D eigenvalue weighted by Crippen LogP contribution is 2.33. The van der Waals surface area contributed by atoms with Crippen molar-refractivity contribution in [2.24, 2.45) is 0 Å². The Balaban J connectivity index is 2.18.